The van der Waals surface area contributed by atoms with Crippen LogP contribution in [-0.4, -0.2) is 24.0 Å². The van der Waals surface area contributed by atoms with Crippen molar-refractivity contribution in [3.05, 3.63) is 39.7 Å². The number of carbonyl (C=O) groups excluding carboxylic acids is 1. The van der Waals surface area contributed by atoms with Gasteiger partial charge in [0.05, 0.1) is 0 Å². The molecule has 0 aliphatic rings. The van der Waals surface area contributed by atoms with Crippen molar-refractivity contribution in [3.63, 3.8) is 0 Å². The average molecular weight is 371 g/mol. The minimum absolute atomic E-state index is 0. The van der Waals surface area contributed by atoms with Gasteiger partial charge in [0, 0.05) is 17.5 Å². The Morgan fingerprint density at radius 3 is 2.71 bits per heavy atom. The van der Waals surface area contributed by atoms with Crippen molar-refractivity contribution in [1.29, 1.82) is 0 Å². The smallest absolute Gasteiger partial charge is 0.336 e. The molecule has 24 heavy (non-hydrogen) atoms. The van der Waals surface area contributed by atoms with Gasteiger partial charge in [0.25, 0.3) is 0 Å². The number of hydrogen-bond donors (Lipinski definition) is 1. The third-order valence-electron chi connectivity index (χ3n) is 3.66. The molecule has 0 fully saturated rings. The van der Waals surface area contributed by atoms with Crippen LogP contribution in [0, 0.1) is 6.92 Å². The number of benzene rings is 1. The fourth-order valence-electron chi connectivity index (χ4n) is 2.31. The summed E-state index contributed by atoms with van der Waals surface area (Å²) < 4.78 is 10.7. The molecule has 7 heteroatoms. The number of halogens is 1. The monoisotopic (exact) mass is 370 g/mol. The fourth-order valence-corrected chi connectivity index (χ4v) is 2.80. The van der Waals surface area contributed by atoms with E-state index in [1.54, 1.807) is 17.8 Å². The van der Waals surface area contributed by atoms with Crippen LogP contribution in [0.15, 0.2) is 27.4 Å². The van der Waals surface area contributed by atoms with Gasteiger partial charge in [-0.3, -0.25) is 0 Å². The predicted molar refractivity (Wildman–Crippen MR) is 93.2 cm³/mol. The Morgan fingerprint density at radius 1 is 1.38 bits per heavy atom. The molecule has 1 aromatic carbocycles. The number of rotatable bonds is 6. The Balaban J connectivity index is 0.00000288. The molecule has 5 nitrogen and oxygen atoms in total. The second-order valence-electron chi connectivity index (χ2n) is 5.37. The lowest BCUT2D eigenvalue weighted by Crippen LogP contribution is -3.00. The summed E-state index contributed by atoms with van der Waals surface area (Å²) in [5, 5.41) is 0.841. The second-order valence-corrected chi connectivity index (χ2v) is 6.35. The molecule has 0 amide bonds. The maximum atomic E-state index is 12.1. The number of nitrogens with two attached hydrogens (primary N) is 1. The van der Waals surface area contributed by atoms with Crippen LogP contribution in [0.25, 0.3) is 11.0 Å². The molecule has 0 aliphatic carbocycles. The summed E-state index contributed by atoms with van der Waals surface area (Å²) in [6.07, 6.45) is 3.21. The van der Waals surface area contributed by atoms with Crippen LogP contribution < -0.4 is 28.5 Å². The molecule has 1 heterocycles. The van der Waals surface area contributed by atoms with E-state index < -0.39 is 17.6 Å². The number of fused-ring (bicyclic) bond motifs is 1. The van der Waals surface area contributed by atoms with Crippen molar-refractivity contribution < 1.29 is 26.4 Å². The topological polar surface area (TPSA) is 82.5 Å². The van der Waals surface area contributed by atoms with Crippen LogP contribution >= 0.6 is 11.8 Å². The number of hydrogen-bond acceptors (Lipinski definition) is 6. The van der Waals surface area contributed by atoms with E-state index in [0.29, 0.717) is 24.2 Å². The summed E-state index contributed by atoms with van der Waals surface area (Å²) in [6.45, 7) is 3.82. The van der Waals surface area contributed by atoms with Crippen LogP contribution in [-0.2, 0) is 11.2 Å². The van der Waals surface area contributed by atoms with E-state index >= 15 is 0 Å². The molecule has 2 aromatic rings. The maximum absolute atomic E-state index is 12.1. The Hall–Kier alpha value is -1.50. The van der Waals surface area contributed by atoms with Crippen molar-refractivity contribution in [2.24, 2.45) is 5.73 Å². The zero-order valence-corrected chi connectivity index (χ0v) is 15.5. The predicted octanol–water partition coefficient (Wildman–Crippen LogP) is -0.346. The Labute approximate surface area is 151 Å². The normalized spacial score (nSPS) is 11.8. The molecule has 0 spiro atoms. The van der Waals surface area contributed by atoms with Gasteiger partial charge in [-0.15, -0.1) is 0 Å². The summed E-state index contributed by atoms with van der Waals surface area (Å²) in [5.74, 6) is 0.726. The van der Waals surface area contributed by atoms with Gasteiger partial charge in [0.1, 0.15) is 17.4 Å². The van der Waals surface area contributed by atoms with E-state index in [4.69, 9.17) is 14.9 Å². The molecule has 0 radical (unpaired) electrons. The van der Waals surface area contributed by atoms with Gasteiger partial charge < -0.3 is 27.3 Å². The molecule has 2 N–H and O–H groups in total. The first-order valence-electron chi connectivity index (χ1n) is 7.49. The van der Waals surface area contributed by atoms with Crippen molar-refractivity contribution in [2.75, 3.05) is 12.0 Å². The molecule has 1 atom stereocenters. The Bertz CT molecular complexity index is 775. The zero-order valence-electron chi connectivity index (χ0n) is 13.9. The highest BCUT2D eigenvalue weighted by Crippen LogP contribution is 2.28. The molecule has 132 valence electrons. The molecule has 0 saturated heterocycles. The summed E-state index contributed by atoms with van der Waals surface area (Å²) in [7, 11) is 0. The van der Waals surface area contributed by atoms with Gasteiger partial charge in [-0.1, -0.05) is 6.92 Å². The highest BCUT2D eigenvalue weighted by atomic mass is 35.5. The highest BCUT2D eigenvalue weighted by Gasteiger charge is 2.18. The number of esters is 1. The summed E-state index contributed by atoms with van der Waals surface area (Å²) >= 11 is 1.63. The Morgan fingerprint density at radius 2 is 2.08 bits per heavy atom. The third-order valence-corrected chi connectivity index (χ3v) is 4.30. The molecule has 1 unspecified atom stereocenters. The van der Waals surface area contributed by atoms with Crippen molar-refractivity contribution in [2.45, 2.75) is 32.7 Å². The SMILES string of the molecule is CCc1cc2c(C)cc(=O)oc2cc1OC(=O)C(N)CCSC.[Cl-]. The lowest BCUT2D eigenvalue weighted by atomic mass is 10.1. The van der Waals surface area contributed by atoms with E-state index in [1.807, 2.05) is 26.2 Å². The van der Waals surface area contributed by atoms with E-state index in [-0.39, 0.29) is 12.4 Å². The van der Waals surface area contributed by atoms with Crippen molar-refractivity contribution >= 4 is 28.7 Å². The molecular weight excluding hydrogens is 350 g/mol. The van der Waals surface area contributed by atoms with E-state index in [1.165, 1.54) is 6.07 Å². The number of thioether (sulfide) groups is 1. The van der Waals surface area contributed by atoms with Crippen LogP contribution in [0.4, 0.5) is 0 Å². The Kier molecular flexibility index (Phi) is 7.79. The van der Waals surface area contributed by atoms with Crippen LogP contribution in [0.1, 0.15) is 24.5 Å². The first kappa shape index (κ1) is 20.5. The zero-order chi connectivity index (χ0) is 17.0. The summed E-state index contributed by atoms with van der Waals surface area (Å²) in [6, 6.07) is 4.28. The second kappa shape index (κ2) is 9.11. The van der Waals surface area contributed by atoms with Crippen molar-refractivity contribution in [3.8, 4) is 5.75 Å². The standard InChI is InChI=1S/C17H21NO4S.ClH/c1-4-11-8-12-10(2)7-16(19)21-15(12)9-14(11)22-17(20)13(18)5-6-23-3;/h7-9,13H,4-6,18H2,1-3H3;1H/p-1. The van der Waals surface area contributed by atoms with E-state index in [9.17, 15) is 9.59 Å². The quantitative estimate of drug-likeness (QED) is 0.425. The number of carbonyl (C=O) groups is 1. The fraction of sp³-hybridized carbons (Fsp3) is 0.412. The number of ether oxygens (including phenoxy) is 1. The van der Waals surface area contributed by atoms with Crippen LogP contribution in [0.2, 0.25) is 0 Å². The third kappa shape index (κ3) is 4.75. The maximum Gasteiger partial charge on any atom is 0.336 e. The molecule has 1 aromatic heterocycles. The minimum Gasteiger partial charge on any atom is -1.00 e. The molecule has 0 aliphatic heterocycles. The molecule has 2 rings (SSSR count). The van der Waals surface area contributed by atoms with Gasteiger partial charge >= 0.3 is 11.6 Å². The van der Waals surface area contributed by atoms with Crippen LogP contribution in [0.3, 0.4) is 0 Å². The van der Waals surface area contributed by atoms with Crippen molar-refractivity contribution in [1.82, 2.24) is 0 Å². The van der Waals surface area contributed by atoms with Gasteiger partial charge in [-0.25, -0.2) is 9.59 Å². The van der Waals surface area contributed by atoms with Gasteiger partial charge in [-0.2, -0.15) is 11.8 Å². The molecule has 0 saturated carbocycles. The lowest BCUT2D eigenvalue weighted by molar-refractivity contribution is -0.135. The highest BCUT2D eigenvalue weighted by molar-refractivity contribution is 7.98. The number of aryl methyl sites for hydroxylation is 2. The van der Waals surface area contributed by atoms with Gasteiger partial charge in [0.15, 0.2) is 0 Å². The lowest BCUT2D eigenvalue weighted by Gasteiger charge is -2.14. The first-order chi connectivity index (χ1) is 11.0. The van der Waals surface area contributed by atoms with E-state index in [2.05, 4.69) is 0 Å². The molecular formula is C17H21ClNO4S-. The largest absolute Gasteiger partial charge is 1.00 e. The summed E-state index contributed by atoms with van der Waals surface area (Å²) in [5.41, 5.74) is 7.54. The minimum atomic E-state index is -0.660. The molecule has 0 bridgehead atoms. The summed E-state index contributed by atoms with van der Waals surface area (Å²) in [4.78, 5) is 23.6. The van der Waals surface area contributed by atoms with E-state index in [0.717, 1.165) is 22.3 Å². The van der Waals surface area contributed by atoms with Gasteiger partial charge in [0.2, 0.25) is 0 Å². The average Bonchev–Trinajstić information content (AvgIpc) is 2.51. The first-order valence-corrected chi connectivity index (χ1v) is 8.89. The van der Waals surface area contributed by atoms with Crippen LogP contribution in [0.5, 0.6) is 5.75 Å². The van der Waals surface area contributed by atoms with Gasteiger partial charge in [-0.05, 0) is 49.0 Å².